The standard InChI is InChI=1S/C19H21N7/c1-14(18-11-21-8-9-22-18)23-10-15-12-26(13-15)19-3-2-17(24-25-19)16-4-6-20-7-5-16/h2-9,11,14-15,23H,10,12-13H2,1H3. The van der Waals surface area contributed by atoms with Crippen molar-refractivity contribution in [2.24, 2.45) is 5.92 Å². The van der Waals surface area contributed by atoms with Gasteiger partial charge in [0.25, 0.3) is 0 Å². The van der Waals surface area contributed by atoms with E-state index in [1.807, 2.05) is 30.5 Å². The fourth-order valence-corrected chi connectivity index (χ4v) is 3.04. The summed E-state index contributed by atoms with van der Waals surface area (Å²) < 4.78 is 0. The van der Waals surface area contributed by atoms with Gasteiger partial charge in [0.05, 0.1) is 11.4 Å². The van der Waals surface area contributed by atoms with Gasteiger partial charge in [-0.2, -0.15) is 0 Å². The average molecular weight is 347 g/mol. The molecule has 0 amide bonds. The van der Waals surface area contributed by atoms with Crippen molar-refractivity contribution < 1.29 is 0 Å². The van der Waals surface area contributed by atoms with Crippen LogP contribution < -0.4 is 10.2 Å². The number of pyridine rings is 1. The molecule has 26 heavy (non-hydrogen) atoms. The molecule has 0 aliphatic carbocycles. The van der Waals surface area contributed by atoms with E-state index in [4.69, 9.17) is 0 Å². The third kappa shape index (κ3) is 3.67. The second kappa shape index (κ2) is 7.53. The maximum absolute atomic E-state index is 4.37. The number of rotatable bonds is 6. The number of aromatic nitrogens is 5. The molecule has 7 heteroatoms. The van der Waals surface area contributed by atoms with Gasteiger partial charge in [0, 0.05) is 68.1 Å². The Kier molecular flexibility index (Phi) is 4.79. The maximum atomic E-state index is 4.37. The van der Waals surface area contributed by atoms with Crippen LogP contribution in [-0.4, -0.2) is 44.8 Å². The van der Waals surface area contributed by atoms with Gasteiger partial charge < -0.3 is 10.2 Å². The van der Waals surface area contributed by atoms with Gasteiger partial charge in [0.1, 0.15) is 0 Å². The van der Waals surface area contributed by atoms with Gasteiger partial charge in [-0.15, -0.1) is 10.2 Å². The first-order chi connectivity index (χ1) is 12.8. The minimum Gasteiger partial charge on any atom is -0.354 e. The summed E-state index contributed by atoms with van der Waals surface area (Å²) in [6.07, 6.45) is 8.76. The molecule has 0 spiro atoms. The molecule has 1 aliphatic rings. The largest absolute Gasteiger partial charge is 0.354 e. The summed E-state index contributed by atoms with van der Waals surface area (Å²) >= 11 is 0. The normalized spacial score (nSPS) is 15.5. The molecule has 3 aromatic heterocycles. The number of hydrogen-bond donors (Lipinski definition) is 1. The van der Waals surface area contributed by atoms with Gasteiger partial charge in [-0.3, -0.25) is 15.0 Å². The van der Waals surface area contributed by atoms with Crippen molar-refractivity contribution >= 4 is 5.82 Å². The van der Waals surface area contributed by atoms with Gasteiger partial charge in [0.2, 0.25) is 0 Å². The summed E-state index contributed by atoms with van der Waals surface area (Å²) in [7, 11) is 0. The predicted octanol–water partition coefficient (Wildman–Crippen LogP) is 2.12. The van der Waals surface area contributed by atoms with Crippen molar-refractivity contribution in [3.8, 4) is 11.3 Å². The summed E-state index contributed by atoms with van der Waals surface area (Å²) in [6, 6.07) is 8.13. The van der Waals surface area contributed by atoms with E-state index >= 15 is 0 Å². The van der Waals surface area contributed by atoms with Crippen LogP contribution in [0.5, 0.6) is 0 Å². The molecular weight excluding hydrogens is 326 g/mol. The van der Waals surface area contributed by atoms with Crippen LogP contribution in [0.1, 0.15) is 18.7 Å². The number of hydrogen-bond acceptors (Lipinski definition) is 7. The van der Waals surface area contributed by atoms with Crippen LogP contribution >= 0.6 is 0 Å². The zero-order valence-corrected chi connectivity index (χ0v) is 14.7. The molecule has 7 nitrogen and oxygen atoms in total. The highest BCUT2D eigenvalue weighted by atomic mass is 15.3. The topological polar surface area (TPSA) is 79.7 Å². The van der Waals surface area contributed by atoms with E-state index in [-0.39, 0.29) is 6.04 Å². The second-order valence-electron chi connectivity index (χ2n) is 6.54. The first-order valence-electron chi connectivity index (χ1n) is 8.78. The third-order valence-electron chi connectivity index (χ3n) is 4.65. The van der Waals surface area contributed by atoms with Crippen molar-refractivity contribution in [2.75, 3.05) is 24.5 Å². The van der Waals surface area contributed by atoms with Gasteiger partial charge >= 0.3 is 0 Å². The molecular formula is C19H21N7. The predicted molar refractivity (Wildman–Crippen MR) is 99.4 cm³/mol. The van der Waals surface area contributed by atoms with Gasteiger partial charge in [-0.1, -0.05) is 0 Å². The van der Waals surface area contributed by atoms with Gasteiger partial charge in [-0.25, -0.2) is 0 Å². The van der Waals surface area contributed by atoms with E-state index in [9.17, 15) is 0 Å². The number of anilines is 1. The van der Waals surface area contributed by atoms with Crippen LogP contribution in [0.15, 0.2) is 55.2 Å². The van der Waals surface area contributed by atoms with Crippen LogP contribution in [0.3, 0.4) is 0 Å². The first kappa shape index (κ1) is 16.5. The minimum atomic E-state index is 0.206. The Morgan fingerprint density at radius 1 is 1.04 bits per heavy atom. The Labute approximate surface area is 152 Å². The molecule has 1 atom stereocenters. The van der Waals surface area contributed by atoms with Crippen molar-refractivity contribution in [1.82, 2.24) is 30.5 Å². The lowest BCUT2D eigenvalue weighted by molar-refractivity contribution is 0.364. The molecule has 3 aromatic rings. The zero-order valence-electron chi connectivity index (χ0n) is 14.7. The summed E-state index contributed by atoms with van der Waals surface area (Å²) in [5, 5.41) is 12.2. The van der Waals surface area contributed by atoms with Crippen LogP contribution in [0.25, 0.3) is 11.3 Å². The van der Waals surface area contributed by atoms with Crippen molar-refractivity contribution in [3.63, 3.8) is 0 Å². The molecule has 1 saturated heterocycles. The molecule has 1 fully saturated rings. The molecule has 0 saturated carbocycles. The SMILES string of the molecule is CC(NCC1CN(c2ccc(-c3ccncc3)nn2)C1)c1cnccn1. The third-order valence-corrected chi connectivity index (χ3v) is 4.65. The lowest BCUT2D eigenvalue weighted by Crippen LogP contribution is -2.51. The Hall–Kier alpha value is -2.93. The Morgan fingerprint density at radius 2 is 1.88 bits per heavy atom. The van der Waals surface area contributed by atoms with Crippen LogP contribution in [0, 0.1) is 5.92 Å². The molecule has 1 N–H and O–H groups in total. The second-order valence-corrected chi connectivity index (χ2v) is 6.54. The van der Waals surface area contributed by atoms with E-state index in [2.05, 4.69) is 42.3 Å². The van der Waals surface area contributed by atoms with E-state index in [0.717, 1.165) is 42.4 Å². The van der Waals surface area contributed by atoms with Crippen molar-refractivity contribution in [1.29, 1.82) is 0 Å². The van der Waals surface area contributed by atoms with Gasteiger partial charge in [0.15, 0.2) is 5.82 Å². The van der Waals surface area contributed by atoms with Crippen LogP contribution in [0.2, 0.25) is 0 Å². The zero-order chi connectivity index (χ0) is 17.8. The number of nitrogens with zero attached hydrogens (tertiary/aromatic N) is 6. The monoisotopic (exact) mass is 347 g/mol. The molecule has 4 heterocycles. The van der Waals surface area contributed by atoms with E-state index < -0.39 is 0 Å². The lowest BCUT2D eigenvalue weighted by Gasteiger charge is -2.40. The lowest BCUT2D eigenvalue weighted by atomic mass is 9.99. The molecule has 0 radical (unpaired) electrons. The smallest absolute Gasteiger partial charge is 0.151 e. The summed E-state index contributed by atoms with van der Waals surface area (Å²) in [6.45, 7) is 5.05. The van der Waals surface area contributed by atoms with Crippen LogP contribution in [0.4, 0.5) is 5.82 Å². The van der Waals surface area contributed by atoms with Crippen LogP contribution in [-0.2, 0) is 0 Å². The fraction of sp³-hybridized carbons (Fsp3) is 0.316. The molecule has 4 rings (SSSR count). The Bertz CT molecular complexity index is 818. The Balaban J connectivity index is 1.27. The molecule has 0 bridgehead atoms. The molecule has 0 aromatic carbocycles. The summed E-state index contributed by atoms with van der Waals surface area (Å²) in [5.41, 5.74) is 2.87. The highest BCUT2D eigenvalue weighted by Crippen LogP contribution is 2.24. The highest BCUT2D eigenvalue weighted by Gasteiger charge is 2.28. The van der Waals surface area contributed by atoms with Crippen molar-refractivity contribution in [2.45, 2.75) is 13.0 Å². The number of nitrogens with one attached hydrogen (secondary N) is 1. The minimum absolute atomic E-state index is 0.206. The first-order valence-corrected chi connectivity index (χ1v) is 8.78. The molecule has 132 valence electrons. The highest BCUT2D eigenvalue weighted by molar-refractivity contribution is 5.59. The maximum Gasteiger partial charge on any atom is 0.151 e. The quantitative estimate of drug-likeness (QED) is 0.731. The molecule has 1 unspecified atom stereocenters. The van der Waals surface area contributed by atoms with E-state index in [1.54, 1.807) is 24.8 Å². The van der Waals surface area contributed by atoms with E-state index in [0.29, 0.717) is 5.92 Å². The summed E-state index contributed by atoms with van der Waals surface area (Å²) in [5.74, 6) is 1.54. The average Bonchev–Trinajstić information content (AvgIpc) is 2.68. The summed E-state index contributed by atoms with van der Waals surface area (Å²) in [4.78, 5) is 14.7. The Morgan fingerprint density at radius 3 is 2.58 bits per heavy atom. The van der Waals surface area contributed by atoms with Gasteiger partial charge in [-0.05, 0) is 31.2 Å². The van der Waals surface area contributed by atoms with Crippen molar-refractivity contribution in [3.05, 3.63) is 60.9 Å². The fourth-order valence-electron chi connectivity index (χ4n) is 3.04. The molecule has 1 aliphatic heterocycles. The van der Waals surface area contributed by atoms with E-state index in [1.165, 1.54) is 0 Å².